The predicted molar refractivity (Wildman–Crippen MR) is 78.1 cm³/mol. The fraction of sp³-hybridized carbons (Fsp3) is 0.143. The molecule has 6 nitrogen and oxygen atoms in total. The molecule has 0 saturated carbocycles. The Morgan fingerprint density at radius 3 is 2.81 bits per heavy atom. The second-order valence-electron chi connectivity index (χ2n) is 4.68. The van der Waals surface area contributed by atoms with Gasteiger partial charge < -0.3 is 4.52 Å². The van der Waals surface area contributed by atoms with Gasteiger partial charge in [0, 0.05) is 6.42 Å². The van der Waals surface area contributed by atoms with E-state index in [4.69, 9.17) is 4.52 Å². The molecule has 4 rings (SSSR count). The summed E-state index contributed by atoms with van der Waals surface area (Å²) in [6.07, 6.45) is 2.38. The molecule has 0 aliphatic rings. The highest BCUT2D eigenvalue weighted by Gasteiger charge is 2.16. The van der Waals surface area contributed by atoms with Gasteiger partial charge in [-0.15, -0.1) is 10.2 Å². The lowest BCUT2D eigenvalue weighted by atomic mass is 10.1. The molecule has 0 bridgehead atoms. The van der Waals surface area contributed by atoms with Crippen LogP contribution in [0.4, 0.5) is 0 Å². The Bertz CT molecular complexity index is 893. The lowest BCUT2D eigenvalue weighted by molar-refractivity contribution is 0.398. The van der Waals surface area contributed by atoms with Gasteiger partial charge >= 0.3 is 0 Å². The van der Waals surface area contributed by atoms with Crippen molar-refractivity contribution in [3.63, 3.8) is 0 Å². The monoisotopic (exact) mass is 297 g/mol. The third kappa shape index (κ3) is 2.11. The van der Waals surface area contributed by atoms with Crippen molar-refractivity contribution in [2.45, 2.75) is 13.3 Å². The van der Waals surface area contributed by atoms with Gasteiger partial charge in [0.25, 0.3) is 0 Å². The summed E-state index contributed by atoms with van der Waals surface area (Å²) in [5.41, 5.74) is 2.08. The first-order valence-corrected chi connectivity index (χ1v) is 7.29. The summed E-state index contributed by atoms with van der Waals surface area (Å²) >= 11 is 1.48. The molecule has 0 unspecified atom stereocenters. The molecule has 0 saturated heterocycles. The summed E-state index contributed by atoms with van der Waals surface area (Å²) in [7, 11) is 0. The zero-order valence-electron chi connectivity index (χ0n) is 11.2. The summed E-state index contributed by atoms with van der Waals surface area (Å²) in [6.45, 7) is 1.87. The van der Waals surface area contributed by atoms with Crippen LogP contribution in [0.3, 0.4) is 0 Å². The van der Waals surface area contributed by atoms with E-state index in [0.717, 1.165) is 27.1 Å². The van der Waals surface area contributed by atoms with Gasteiger partial charge in [0.1, 0.15) is 5.76 Å². The lowest BCUT2D eigenvalue weighted by Crippen LogP contribution is -1.97. The molecular formula is C14H11N5OS. The van der Waals surface area contributed by atoms with Crippen LogP contribution in [0.5, 0.6) is 0 Å². The maximum absolute atomic E-state index is 5.09. The van der Waals surface area contributed by atoms with Crippen molar-refractivity contribution in [2.24, 2.45) is 0 Å². The summed E-state index contributed by atoms with van der Waals surface area (Å²) < 4.78 is 6.88. The molecule has 21 heavy (non-hydrogen) atoms. The van der Waals surface area contributed by atoms with Gasteiger partial charge in [0.15, 0.2) is 10.8 Å². The van der Waals surface area contributed by atoms with Crippen LogP contribution < -0.4 is 0 Å². The normalized spacial score (nSPS) is 11.3. The van der Waals surface area contributed by atoms with Gasteiger partial charge in [-0.1, -0.05) is 46.8 Å². The van der Waals surface area contributed by atoms with Gasteiger partial charge in [0.05, 0.1) is 11.8 Å². The van der Waals surface area contributed by atoms with E-state index < -0.39 is 0 Å². The molecule has 0 spiro atoms. The highest BCUT2D eigenvalue weighted by molar-refractivity contribution is 7.19. The van der Waals surface area contributed by atoms with E-state index in [-0.39, 0.29) is 0 Å². The molecule has 0 amide bonds. The Labute approximate surface area is 124 Å². The lowest BCUT2D eigenvalue weighted by Gasteiger charge is -1.97. The van der Waals surface area contributed by atoms with Crippen molar-refractivity contribution in [3.05, 3.63) is 53.7 Å². The van der Waals surface area contributed by atoms with Crippen LogP contribution in [-0.2, 0) is 6.42 Å². The van der Waals surface area contributed by atoms with Gasteiger partial charge in [-0.3, -0.25) is 0 Å². The van der Waals surface area contributed by atoms with Crippen molar-refractivity contribution < 1.29 is 4.52 Å². The zero-order chi connectivity index (χ0) is 14.2. The minimum absolute atomic E-state index is 0.702. The van der Waals surface area contributed by atoms with E-state index >= 15 is 0 Å². The topological polar surface area (TPSA) is 69.1 Å². The minimum Gasteiger partial charge on any atom is -0.361 e. The molecule has 0 fully saturated rings. The van der Waals surface area contributed by atoms with Crippen LogP contribution in [0.2, 0.25) is 0 Å². The minimum atomic E-state index is 0.702. The zero-order valence-corrected chi connectivity index (χ0v) is 12.0. The molecule has 0 aliphatic heterocycles. The average Bonchev–Trinajstić information content (AvgIpc) is 3.17. The van der Waals surface area contributed by atoms with Crippen LogP contribution in [0, 0.1) is 6.92 Å². The molecule has 7 heteroatoms. The van der Waals surface area contributed by atoms with E-state index in [1.165, 1.54) is 16.9 Å². The molecule has 0 radical (unpaired) electrons. The number of fused-ring (bicyclic) bond motifs is 1. The van der Waals surface area contributed by atoms with Crippen molar-refractivity contribution in [3.8, 4) is 10.6 Å². The van der Waals surface area contributed by atoms with Gasteiger partial charge in [0.2, 0.25) is 4.96 Å². The van der Waals surface area contributed by atoms with Crippen LogP contribution >= 0.6 is 11.3 Å². The molecule has 3 aromatic heterocycles. The molecule has 1 aromatic carbocycles. The third-order valence-corrected chi connectivity index (χ3v) is 4.17. The summed E-state index contributed by atoms with van der Waals surface area (Å²) in [5, 5.41) is 17.6. The first-order chi connectivity index (χ1) is 10.3. The number of nitrogens with zero attached hydrogens (tertiary/aromatic N) is 5. The molecule has 0 N–H and O–H groups in total. The van der Waals surface area contributed by atoms with Crippen LogP contribution in [0.1, 0.15) is 17.1 Å². The van der Waals surface area contributed by atoms with Crippen molar-refractivity contribution >= 4 is 16.3 Å². The molecule has 0 atom stereocenters. The summed E-state index contributed by atoms with van der Waals surface area (Å²) in [4.78, 5) is 0.775. The van der Waals surface area contributed by atoms with Gasteiger partial charge in [-0.2, -0.15) is 9.61 Å². The highest BCUT2D eigenvalue weighted by Crippen LogP contribution is 2.28. The Morgan fingerprint density at radius 2 is 2.05 bits per heavy atom. The quantitative estimate of drug-likeness (QED) is 0.581. The van der Waals surface area contributed by atoms with E-state index in [1.807, 2.05) is 25.1 Å². The smallest absolute Gasteiger partial charge is 0.234 e. The van der Waals surface area contributed by atoms with Crippen molar-refractivity contribution in [1.29, 1.82) is 0 Å². The number of rotatable bonds is 3. The van der Waals surface area contributed by atoms with E-state index in [1.54, 1.807) is 10.7 Å². The average molecular weight is 297 g/mol. The highest BCUT2D eigenvalue weighted by atomic mass is 32.1. The van der Waals surface area contributed by atoms with Crippen molar-refractivity contribution in [1.82, 2.24) is 25.0 Å². The number of aryl methyl sites for hydroxylation is 1. The SMILES string of the molecule is Cc1oncc1-c1nn2c(Cc3ccccc3)nnc2s1. The number of benzene rings is 1. The first-order valence-electron chi connectivity index (χ1n) is 6.48. The molecular weight excluding hydrogens is 286 g/mol. The van der Waals surface area contributed by atoms with E-state index in [9.17, 15) is 0 Å². The Kier molecular flexibility index (Phi) is 2.78. The fourth-order valence-electron chi connectivity index (χ4n) is 2.16. The Morgan fingerprint density at radius 1 is 1.19 bits per heavy atom. The second-order valence-corrected chi connectivity index (χ2v) is 5.63. The Balaban J connectivity index is 1.75. The Hall–Kier alpha value is -2.54. The van der Waals surface area contributed by atoms with Gasteiger partial charge in [-0.25, -0.2) is 0 Å². The van der Waals surface area contributed by atoms with Crippen molar-refractivity contribution in [2.75, 3.05) is 0 Å². The maximum Gasteiger partial charge on any atom is 0.234 e. The molecule has 0 aliphatic carbocycles. The van der Waals surface area contributed by atoms with Crippen LogP contribution in [-0.4, -0.2) is 25.0 Å². The largest absolute Gasteiger partial charge is 0.361 e. The standard InChI is InChI=1S/C14H11N5OS/c1-9-11(8-15-20-9)13-18-19-12(16-17-14(19)21-13)7-10-5-3-2-4-6-10/h2-6,8H,7H2,1H3. The van der Waals surface area contributed by atoms with Gasteiger partial charge in [-0.05, 0) is 12.5 Å². The summed E-state index contributed by atoms with van der Waals surface area (Å²) in [6, 6.07) is 10.2. The maximum atomic E-state index is 5.09. The second kappa shape index (κ2) is 4.78. The number of aromatic nitrogens is 5. The van der Waals surface area contributed by atoms with E-state index in [0.29, 0.717) is 6.42 Å². The number of hydrogen-bond donors (Lipinski definition) is 0. The number of hydrogen-bond acceptors (Lipinski definition) is 6. The van der Waals surface area contributed by atoms with E-state index in [2.05, 4.69) is 32.6 Å². The summed E-state index contributed by atoms with van der Waals surface area (Å²) in [5.74, 6) is 1.58. The third-order valence-electron chi connectivity index (χ3n) is 3.24. The van der Waals surface area contributed by atoms with Crippen LogP contribution in [0.25, 0.3) is 15.5 Å². The van der Waals surface area contributed by atoms with Crippen LogP contribution in [0.15, 0.2) is 41.1 Å². The molecule has 3 heterocycles. The molecule has 4 aromatic rings. The fourth-order valence-corrected chi connectivity index (χ4v) is 3.08. The predicted octanol–water partition coefficient (Wildman–Crippen LogP) is 2.74. The first kappa shape index (κ1) is 12.2. The molecule has 104 valence electrons.